The first-order valence-electron chi connectivity index (χ1n) is 5.15. The van der Waals surface area contributed by atoms with Crippen LogP contribution in [0.2, 0.25) is 0 Å². The molecule has 1 N–H and O–H groups in total. The van der Waals surface area contributed by atoms with Gasteiger partial charge in [0, 0.05) is 31.3 Å². The molecule has 0 amide bonds. The topological polar surface area (TPSA) is 30.5 Å². The normalized spacial score (nSPS) is 20.8. The molecule has 1 aromatic carbocycles. The standard InChI is InChI=1S/C11H13F2NO2/c12-8-3-9(13)5-10(4-8)16-7-11-6-14-1-2-15-11/h3-5,11,14H,1-2,6-7H2. The molecule has 88 valence electrons. The van der Waals surface area contributed by atoms with Crippen LogP contribution < -0.4 is 10.1 Å². The summed E-state index contributed by atoms with van der Waals surface area (Å²) in [5.41, 5.74) is 0. The van der Waals surface area contributed by atoms with E-state index in [-0.39, 0.29) is 18.5 Å². The van der Waals surface area contributed by atoms with Gasteiger partial charge in [0.05, 0.1) is 6.61 Å². The maximum atomic E-state index is 12.8. The van der Waals surface area contributed by atoms with Gasteiger partial charge in [0.25, 0.3) is 0 Å². The van der Waals surface area contributed by atoms with Crippen molar-refractivity contribution in [2.75, 3.05) is 26.3 Å². The highest BCUT2D eigenvalue weighted by Gasteiger charge is 2.14. The molecule has 0 spiro atoms. The zero-order chi connectivity index (χ0) is 11.4. The molecule has 3 nitrogen and oxygen atoms in total. The van der Waals surface area contributed by atoms with Crippen molar-refractivity contribution in [3.63, 3.8) is 0 Å². The number of halogens is 2. The number of rotatable bonds is 3. The van der Waals surface area contributed by atoms with Crippen molar-refractivity contribution < 1.29 is 18.3 Å². The molecule has 1 fully saturated rings. The molecule has 1 saturated heterocycles. The van der Waals surface area contributed by atoms with Gasteiger partial charge in [-0.1, -0.05) is 0 Å². The molecule has 2 rings (SSSR count). The lowest BCUT2D eigenvalue weighted by molar-refractivity contribution is 0.0000745. The zero-order valence-corrected chi connectivity index (χ0v) is 8.71. The van der Waals surface area contributed by atoms with Gasteiger partial charge in [-0.25, -0.2) is 8.78 Å². The van der Waals surface area contributed by atoms with Crippen molar-refractivity contribution in [1.29, 1.82) is 0 Å². The largest absolute Gasteiger partial charge is 0.491 e. The maximum absolute atomic E-state index is 12.8. The highest BCUT2D eigenvalue weighted by molar-refractivity contribution is 5.23. The van der Waals surface area contributed by atoms with Crippen LogP contribution in [0.5, 0.6) is 5.75 Å². The van der Waals surface area contributed by atoms with Gasteiger partial charge in [0.15, 0.2) is 0 Å². The average molecular weight is 229 g/mol. The Bertz CT molecular complexity index is 334. The minimum absolute atomic E-state index is 0.0694. The van der Waals surface area contributed by atoms with Crippen LogP contribution in [0.4, 0.5) is 8.78 Å². The van der Waals surface area contributed by atoms with Gasteiger partial charge in [-0.15, -0.1) is 0 Å². The fourth-order valence-electron chi connectivity index (χ4n) is 1.53. The summed E-state index contributed by atoms with van der Waals surface area (Å²) < 4.78 is 36.3. The Morgan fingerprint density at radius 3 is 2.69 bits per heavy atom. The quantitative estimate of drug-likeness (QED) is 0.848. The first-order valence-corrected chi connectivity index (χ1v) is 5.15. The van der Waals surface area contributed by atoms with Crippen molar-refractivity contribution >= 4 is 0 Å². The molecular formula is C11H13F2NO2. The zero-order valence-electron chi connectivity index (χ0n) is 8.71. The van der Waals surface area contributed by atoms with Crippen LogP contribution in [-0.2, 0) is 4.74 Å². The summed E-state index contributed by atoms with van der Waals surface area (Å²) in [5, 5.41) is 3.14. The summed E-state index contributed by atoms with van der Waals surface area (Å²) in [4.78, 5) is 0. The Balaban J connectivity index is 1.88. The van der Waals surface area contributed by atoms with Crippen molar-refractivity contribution in [3.8, 4) is 5.75 Å². The molecule has 1 aliphatic rings. The van der Waals surface area contributed by atoms with E-state index >= 15 is 0 Å². The fraction of sp³-hybridized carbons (Fsp3) is 0.455. The Labute approximate surface area is 92.4 Å². The predicted molar refractivity (Wildman–Crippen MR) is 54.5 cm³/mol. The van der Waals surface area contributed by atoms with E-state index in [4.69, 9.17) is 9.47 Å². The summed E-state index contributed by atoms with van der Waals surface area (Å²) in [6.45, 7) is 2.43. The number of hydrogen-bond acceptors (Lipinski definition) is 3. The third-order valence-corrected chi connectivity index (χ3v) is 2.28. The van der Waals surface area contributed by atoms with Crippen molar-refractivity contribution in [2.45, 2.75) is 6.10 Å². The minimum Gasteiger partial charge on any atom is -0.491 e. The monoisotopic (exact) mass is 229 g/mol. The molecule has 1 aromatic rings. The Morgan fingerprint density at radius 1 is 1.31 bits per heavy atom. The third kappa shape index (κ3) is 3.15. The van der Waals surface area contributed by atoms with Gasteiger partial charge < -0.3 is 14.8 Å². The van der Waals surface area contributed by atoms with Crippen LogP contribution in [0, 0.1) is 11.6 Å². The number of hydrogen-bond donors (Lipinski definition) is 1. The smallest absolute Gasteiger partial charge is 0.129 e. The van der Waals surface area contributed by atoms with Gasteiger partial charge in [-0.3, -0.25) is 0 Å². The lowest BCUT2D eigenvalue weighted by Crippen LogP contribution is -2.41. The molecule has 5 heteroatoms. The van der Waals surface area contributed by atoms with Crippen LogP contribution in [0.3, 0.4) is 0 Å². The number of nitrogens with one attached hydrogen (secondary N) is 1. The number of ether oxygens (including phenoxy) is 2. The second-order valence-electron chi connectivity index (χ2n) is 3.61. The van der Waals surface area contributed by atoms with E-state index in [1.807, 2.05) is 0 Å². The first-order chi connectivity index (χ1) is 7.74. The van der Waals surface area contributed by atoms with Crippen LogP contribution in [0.25, 0.3) is 0 Å². The van der Waals surface area contributed by atoms with E-state index < -0.39 is 11.6 Å². The molecule has 0 radical (unpaired) electrons. The SMILES string of the molecule is Fc1cc(F)cc(OCC2CNCCO2)c1. The molecule has 1 unspecified atom stereocenters. The summed E-state index contributed by atoms with van der Waals surface area (Å²) >= 11 is 0. The highest BCUT2D eigenvalue weighted by Crippen LogP contribution is 2.15. The second-order valence-corrected chi connectivity index (χ2v) is 3.61. The molecule has 1 aliphatic heterocycles. The first kappa shape index (κ1) is 11.3. The Morgan fingerprint density at radius 2 is 2.06 bits per heavy atom. The van der Waals surface area contributed by atoms with E-state index in [0.717, 1.165) is 24.7 Å². The lowest BCUT2D eigenvalue weighted by atomic mass is 10.3. The highest BCUT2D eigenvalue weighted by atomic mass is 19.1. The number of morpholine rings is 1. The van der Waals surface area contributed by atoms with Gasteiger partial charge in [0.2, 0.25) is 0 Å². The molecular weight excluding hydrogens is 216 g/mol. The van der Waals surface area contributed by atoms with Gasteiger partial charge >= 0.3 is 0 Å². The molecule has 1 atom stereocenters. The van der Waals surface area contributed by atoms with Crippen molar-refractivity contribution in [2.24, 2.45) is 0 Å². The molecule has 0 saturated carbocycles. The van der Waals surface area contributed by atoms with E-state index in [1.54, 1.807) is 0 Å². The lowest BCUT2D eigenvalue weighted by Gasteiger charge is -2.23. The number of benzene rings is 1. The van der Waals surface area contributed by atoms with Crippen molar-refractivity contribution in [3.05, 3.63) is 29.8 Å². The minimum atomic E-state index is -0.641. The Hall–Kier alpha value is -1.20. The van der Waals surface area contributed by atoms with E-state index in [0.29, 0.717) is 13.2 Å². The molecule has 16 heavy (non-hydrogen) atoms. The van der Waals surface area contributed by atoms with E-state index in [2.05, 4.69) is 5.32 Å². The summed E-state index contributed by atoms with van der Waals surface area (Å²) in [5.74, 6) is -1.10. The van der Waals surface area contributed by atoms with Crippen LogP contribution >= 0.6 is 0 Å². The average Bonchev–Trinajstić information content (AvgIpc) is 2.27. The molecule has 0 aromatic heterocycles. The summed E-state index contributed by atoms with van der Waals surface area (Å²) in [6.07, 6.45) is -0.0694. The van der Waals surface area contributed by atoms with Crippen LogP contribution in [0.15, 0.2) is 18.2 Å². The van der Waals surface area contributed by atoms with E-state index in [1.165, 1.54) is 0 Å². The molecule has 0 bridgehead atoms. The van der Waals surface area contributed by atoms with Gasteiger partial charge in [-0.05, 0) is 0 Å². The van der Waals surface area contributed by atoms with E-state index in [9.17, 15) is 8.78 Å². The maximum Gasteiger partial charge on any atom is 0.129 e. The summed E-state index contributed by atoms with van der Waals surface area (Å²) in [6, 6.07) is 3.12. The molecule has 1 heterocycles. The third-order valence-electron chi connectivity index (χ3n) is 2.28. The predicted octanol–water partition coefficient (Wildman–Crippen LogP) is 1.33. The molecule has 0 aliphatic carbocycles. The van der Waals surface area contributed by atoms with Crippen molar-refractivity contribution in [1.82, 2.24) is 5.32 Å². The van der Waals surface area contributed by atoms with Gasteiger partial charge in [-0.2, -0.15) is 0 Å². The fourth-order valence-corrected chi connectivity index (χ4v) is 1.53. The Kier molecular flexibility index (Phi) is 3.69. The van der Waals surface area contributed by atoms with Gasteiger partial charge in [0.1, 0.15) is 30.1 Å². The van der Waals surface area contributed by atoms with Crippen LogP contribution in [0.1, 0.15) is 0 Å². The van der Waals surface area contributed by atoms with Crippen LogP contribution in [-0.4, -0.2) is 32.4 Å². The summed E-state index contributed by atoms with van der Waals surface area (Å²) in [7, 11) is 0. The second kappa shape index (κ2) is 5.23.